The van der Waals surface area contributed by atoms with E-state index in [-0.39, 0.29) is 12.5 Å². The maximum Gasteiger partial charge on any atom is 0.237 e. The summed E-state index contributed by atoms with van der Waals surface area (Å²) in [5.74, 6) is -0.184. The number of benzene rings is 1. The van der Waals surface area contributed by atoms with Crippen molar-refractivity contribution < 1.29 is 13.2 Å². The van der Waals surface area contributed by atoms with Gasteiger partial charge in [-0.05, 0) is 36.6 Å². The van der Waals surface area contributed by atoms with Crippen LogP contribution in [0.2, 0.25) is 5.02 Å². The molecular weight excluding hydrogens is 312 g/mol. The van der Waals surface area contributed by atoms with Crippen LogP contribution in [0.15, 0.2) is 29.7 Å². The summed E-state index contributed by atoms with van der Waals surface area (Å²) in [5.41, 5.74) is 0.718. The average molecular weight is 329 g/mol. The summed E-state index contributed by atoms with van der Waals surface area (Å²) in [6, 6.07) is 6.78. The second-order valence-electron chi connectivity index (χ2n) is 4.81. The Bertz CT molecular complexity index is 620. The second-order valence-corrected chi connectivity index (χ2v) is 6.90. The summed E-state index contributed by atoms with van der Waals surface area (Å²) in [4.78, 5) is 13.4. The lowest BCUT2D eigenvalue weighted by atomic mass is 10.2. The van der Waals surface area contributed by atoms with Gasteiger partial charge in [0, 0.05) is 23.5 Å². The van der Waals surface area contributed by atoms with Crippen LogP contribution in [0.4, 0.5) is 0 Å². The van der Waals surface area contributed by atoms with Gasteiger partial charge in [-0.1, -0.05) is 23.7 Å². The molecule has 2 rings (SSSR count). The smallest absolute Gasteiger partial charge is 0.237 e. The maximum atomic E-state index is 11.8. The highest BCUT2D eigenvalue weighted by atomic mass is 35.5. The number of hydrogen-bond acceptors (Lipinski definition) is 3. The number of nitrogens with zero attached hydrogens (tertiary/aromatic N) is 1. The van der Waals surface area contributed by atoms with Crippen LogP contribution in [0.5, 0.6) is 0 Å². The molecule has 1 N–H and O–H groups in total. The minimum atomic E-state index is -3.63. The molecule has 1 amide bonds. The van der Waals surface area contributed by atoms with E-state index in [1.807, 2.05) is 0 Å². The highest BCUT2D eigenvalue weighted by Gasteiger charge is 2.18. The van der Waals surface area contributed by atoms with E-state index < -0.39 is 10.0 Å². The minimum absolute atomic E-state index is 0.184. The zero-order valence-corrected chi connectivity index (χ0v) is 13.0. The molecule has 0 spiro atoms. The first-order valence-electron chi connectivity index (χ1n) is 6.67. The molecule has 0 unspecified atom stereocenters. The third kappa shape index (κ3) is 5.15. The van der Waals surface area contributed by atoms with Gasteiger partial charge in [0.2, 0.25) is 15.9 Å². The molecule has 0 saturated carbocycles. The Hall–Kier alpha value is -1.37. The molecule has 0 radical (unpaired) electrons. The highest BCUT2D eigenvalue weighted by Crippen LogP contribution is 2.11. The first kappa shape index (κ1) is 16.0. The van der Waals surface area contributed by atoms with Gasteiger partial charge in [0.25, 0.3) is 0 Å². The summed E-state index contributed by atoms with van der Waals surface area (Å²) >= 11 is 5.75. The molecule has 0 atom stereocenters. The van der Waals surface area contributed by atoms with Gasteiger partial charge in [0.05, 0.1) is 6.54 Å². The van der Waals surface area contributed by atoms with Crippen molar-refractivity contribution in [3.63, 3.8) is 0 Å². The van der Waals surface area contributed by atoms with Gasteiger partial charge in [-0.2, -0.15) is 0 Å². The van der Waals surface area contributed by atoms with Crippen LogP contribution >= 0.6 is 11.6 Å². The van der Waals surface area contributed by atoms with Crippen molar-refractivity contribution in [2.45, 2.75) is 12.8 Å². The maximum absolute atomic E-state index is 11.8. The Morgan fingerprint density at radius 1 is 1.24 bits per heavy atom. The lowest BCUT2D eigenvalue weighted by Gasteiger charge is -2.14. The minimum Gasteiger partial charge on any atom is -0.342 e. The first-order chi connectivity index (χ1) is 9.96. The molecule has 21 heavy (non-hydrogen) atoms. The molecule has 114 valence electrons. The van der Waals surface area contributed by atoms with Gasteiger partial charge in [-0.3, -0.25) is 4.79 Å². The Kier molecular flexibility index (Phi) is 5.39. The van der Waals surface area contributed by atoms with Crippen LogP contribution in [0, 0.1) is 0 Å². The van der Waals surface area contributed by atoms with Crippen molar-refractivity contribution >= 4 is 33.6 Å². The molecular formula is C14H17ClN2O3S. The van der Waals surface area contributed by atoms with Crippen LogP contribution in [-0.2, 0) is 14.8 Å². The number of nitrogens with one attached hydrogen (secondary N) is 1. The van der Waals surface area contributed by atoms with Crippen molar-refractivity contribution in [2.75, 3.05) is 19.6 Å². The quantitative estimate of drug-likeness (QED) is 0.897. The fraction of sp³-hybridized carbons (Fsp3) is 0.357. The Morgan fingerprint density at radius 3 is 2.48 bits per heavy atom. The van der Waals surface area contributed by atoms with E-state index in [9.17, 15) is 13.2 Å². The predicted molar refractivity (Wildman–Crippen MR) is 83.2 cm³/mol. The molecule has 1 aromatic rings. The standard InChI is InChI=1S/C14H17ClN2O3S/c15-13-5-3-12(4-6-13)7-10-21(19,20)16-11-14(18)17-8-1-2-9-17/h3-7,10,16H,1-2,8-9,11H2/b10-7+. The first-order valence-corrected chi connectivity index (χ1v) is 8.60. The van der Waals surface area contributed by atoms with Crippen molar-refractivity contribution in [1.82, 2.24) is 9.62 Å². The van der Waals surface area contributed by atoms with Gasteiger partial charge in [-0.15, -0.1) is 0 Å². The average Bonchev–Trinajstić information content (AvgIpc) is 2.99. The molecule has 1 aromatic carbocycles. The number of sulfonamides is 1. The number of hydrogen-bond donors (Lipinski definition) is 1. The monoisotopic (exact) mass is 328 g/mol. The summed E-state index contributed by atoms with van der Waals surface area (Å²) in [6.07, 6.45) is 3.42. The van der Waals surface area contributed by atoms with Crippen LogP contribution in [0.3, 0.4) is 0 Å². The van der Waals surface area contributed by atoms with Gasteiger partial charge >= 0.3 is 0 Å². The number of amides is 1. The zero-order valence-electron chi connectivity index (χ0n) is 11.5. The number of halogens is 1. The number of likely N-dealkylation sites (tertiary alicyclic amines) is 1. The largest absolute Gasteiger partial charge is 0.342 e. The van der Waals surface area contributed by atoms with E-state index in [1.165, 1.54) is 6.08 Å². The molecule has 1 fully saturated rings. The fourth-order valence-corrected chi connectivity index (χ4v) is 2.91. The Labute approximate surface area is 129 Å². The fourth-order valence-electron chi connectivity index (χ4n) is 2.03. The summed E-state index contributed by atoms with van der Waals surface area (Å²) < 4.78 is 25.9. The third-order valence-corrected chi connectivity index (χ3v) is 4.49. The molecule has 5 nitrogen and oxygen atoms in total. The second kappa shape index (κ2) is 7.06. The molecule has 1 aliphatic rings. The molecule has 1 saturated heterocycles. The molecule has 0 aromatic heterocycles. The van der Waals surface area contributed by atoms with E-state index in [0.29, 0.717) is 18.1 Å². The van der Waals surface area contributed by atoms with E-state index in [4.69, 9.17) is 11.6 Å². The van der Waals surface area contributed by atoms with E-state index in [1.54, 1.807) is 29.2 Å². The van der Waals surface area contributed by atoms with Gasteiger partial charge < -0.3 is 4.90 Å². The molecule has 1 aliphatic heterocycles. The molecule has 1 heterocycles. The van der Waals surface area contributed by atoms with Crippen molar-refractivity contribution in [2.24, 2.45) is 0 Å². The Balaban J connectivity index is 1.89. The summed E-state index contributed by atoms with van der Waals surface area (Å²) in [6.45, 7) is 1.22. The molecule has 0 bridgehead atoms. The van der Waals surface area contributed by atoms with E-state index in [0.717, 1.165) is 23.8 Å². The normalized spacial score (nSPS) is 15.8. The number of rotatable bonds is 5. The lowest BCUT2D eigenvalue weighted by Crippen LogP contribution is -2.37. The van der Waals surface area contributed by atoms with Crippen molar-refractivity contribution in [1.29, 1.82) is 0 Å². The van der Waals surface area contributed by atoms with Crippen LogP contribution in [0.1, 0.15) is 18.4 Å². The van der Waals surface area contributed by atoms with Gasteiger partial charge in [0.15, 0.2) is 0 Å². The van der Waals surface area contributed by atoms with Crippen molar-refractivity contribution in [3.8, 4) is 0 Å². The zero-order chi connectivity index (χ0) is 15.3. The van der Waals surface area contributed by atoms with Crippen molar-refractivity contribution in [3.05, 3.63) is 40.3 Å². The van der Waals surface area contributed by atoms with Gasteiger partial charge in [-0.25, -0.2) is 13.1 Å². The third-order valence-electron chi connectivity index (χ3n) is 3.19. The van der Waals surface area contributed by atoms with Crippen LogP contribution < -0.4 is 4.72 Å². The molecule has 0 aliphatic carbocycles. The van der Waals surface area contributed by atoms with Crippen LogP contribution in [-0.4, -0.2) is 38.9 Å². The van der Waals surface area contributed by atoms with Gasteiger partial charge in [0.1, 0.15) is 0 Å². The Morgan fingerprint density at radius 2 is 1.86 bits per heavy atom. The SMILES string of the molecule is O=C(CNS(=O)(=O)/C=C/c1ccc(Cl)cc1)N1CCCC1. The number of carbonyl (C=O) groups is 1. The summed E-state index contributed by atoms with van der Waals surface area (Å²) in [7, 11) is -3.63. The van der Waals surface area contributed by atoms with E-state index in [2.05, 4.69) is 4.72 Å². The van der Waals surface area contributed by atoms with Crippen LogP contribution in [0.25, 0.3) is 6.08 Å². The number of carbonyl (C=O) groups excluding carboxylic acids is 1. The molecule has 7 heteroatoms. The topological polar surface area (TPSA) is 66.5 Å². The lowest BCUT2D eigenvalue weighted by molar-refractivity contribution is -0.128. The predicted octanol–water partition coefficient (Wildman–Crippen LogP) is 1.85. The van der Waals surface area contributed by atoms with E-state index >= 15 is 0 Å². The summed E-state index contributed by atoms with van der Waals surface area (Å²) in [5, 5.41) is 1.64. The highest BCUT2D eigenvalue weighted by molar-refractivity contribution is 7.92.